The van der Waals surface area contributed by atoms with Gasteiger partial charge in [0.2, 0.25) is 5.91 Å². The Kier molecular flexibility index (Phi) is 4.25. The van der Waals surface area contributed by atoms with E-state index in [9.17, 15) is 4.79 Å². The number of aromatic nitrogens is 2. The van der Waals surface area contributed by atoms with E-state index in [1.54, 1.807) is 11.8 Å². The summed E-state index contributed by atoms with van der Waals surface area (Å²) in [4.78, 5) is 15.4. The molecule has 0 bridgehead atoms. The van der Waals surface area contributed by atoms with Crippen molar-refractivity contribution >= 4 is 17.7 Å². The van der Waals surface area contributed by atoms with Gasteiger partial charge < -0.3 is 4.90 Å². The summed E-state index contributed by atoms with van der Waals surface area (Å²) < 4.78 is 2.05. The minimum atomic E-state index is 0.214. The summed E-state index contributed by atoms with van der Waals surface area (Å²) in [6.07, 6.45) is 0. The molecule has 1 aliphatic heterocycles. The molecule has 2 aromatic rings. The highest BCUT2D eigenvalue weighted by atomic mass is 32.2. The number of carbonyl (C=O) groups excluding carboxylic acids is 1. The first-order valence-electron chi connectivity index (χ1n) is 7.53. The molecule has 116 valence electrons. The third-order valence-corrected chi connectivity index (χ3v) is 5.21. The molecule has 4 nitrogen and oxygen atoms in total. The van der Waals surface area contributed by atoms with Crippen molar-refractivity contribution in [3.8, 4) is 0 Å². The quantitative estimate of drug-likeness (QED) is 0.814. The Labute approximate surface area is 135 Å². The summed E-state index contributed by atoms with van der Waals surface area (Å²) in [5.41, 5.74) is 3.44. The Morgan fingerprint density at radius 2 is 2.00 bits per heavy atom. The Morgan fingerprint density at radius 1 is 1.27 bits per heavy atom. The fraction of sp³-hybridized carbons (Fsp3) is 0.412. The van der Waals surface area contributed by atoms with Crippen LogP contribution in [-0.2, 0) is 4.79 Å². The second-order valence-electron chi connectivity index (χ2n) is 5.88. The SMILES string of the molecule is Cc1cc(C)n(C2CN(C(=O)CSc3ccccc3C)C2)n1. The lowest BCUT2D eigenvalue weighted by Gasteiger charge is -2.39. The van der Waals surface area contributed by atoms with Crippen LogP contribution in [0, 0.1) is 20.8 Å². The van der Waals surface area contributed by atoms with Gasteiger partial charge in [0, 0.05) is 23.7 Å². The lowest BCUT2D eigenvalue weighted by Crippen LogP contribution is -2.51. The largest absolute Gasteiger partial charge is 0.338 e. The van der Waals surface area contributed by atoms with Gasteiger partial charge in [-0.3, -0.25) is 9.48 Å². The van der Waals surface area contributed by atoms with Gasteiger partial charge in [-0.25, -0.2) is 0 Å². The molecule has 1 aliphatic rings. The molecule has 1 aromatic carbocycles. The van der Waals surface area contributed by atoms with Gasteiger partial charge in [0.15, 0.2) is 0 Å². The summed E-state index contributed by atoms with van der Waals surface area (Å²) in [5, 5.41) is 4.50. The number of amides is 1. The maximum absolute atomic E-state index is 12.3. The molecule has 1 fully saturated rings. The summed E-state index contributed by atoms with van der Waals surface area (Å²) in [6, 6.07) is 10.6. The van der Waals surface area contributed by atoms with Crippen molar-refractivity contribution in [1.29, 1.82) is 0 Å². The minimum absolute atomic E-state index is 0.214. The highest BCUT2D eigenvalue weighted by Crippen LogP contribution is 2.26. The van der Waals surface area contributed by atoms with Crippen LogP contribution in [0.5, 0.6) is 0 Å². The van der Waals surface area contributed by atoms with Crippen molar-refractivity contribution in [1.82, 2.24) is 14.7 Å². The number of likely N-dealkylation sites (tertiary alicyclic amines) is 1. The number of thioether (sulfide) groups is 1. The summed E-state index contributed by atoms with van der Waals surface area (Å²) in [5.74, 6) is 0.723. The van der Waals surface area contributed by atoms with Gasteiger partial charge in [0.05, 0.1) is 17.5 Å². The molecule has 3 rings (SSSR count). The van der Waals surface area contributed by atoms with Gasteiger partial charge in [-0.05, 0) is 38.5 Å². The molecule has 0 atom stereocenters. The third-order valence-electron chi connectivity index (χ3n) is 4.05. The van der Waals surface area contributed by atoms with Crippen LogP contribution in [0.15, 0.2) is 35.2 Å². The van der Waals surface area contributed by atoms with Gasteiger partial charge in [0.25, 0.3) is 0 Å². The smallest absolute Gasteiger partial charge is 0.233 e. The third kappa shape index (κ3) is 3.04. The van der Waals surface area contributed by atoms with E-state index in [-0.39, 0.29) is 5.91 Å². The van der Waals surface area contributed by atoms with E-state index in [4.69, 9.17) is 0 Å². The van der Waals surface area contributed by atoms with Crippen molar-refractivity contribution in [2.24, 2.45) is 0 Å². The van der Waals surface area contributed by atoms with E-state index in [0.717, 1.165) is 18.8 Å². The van der Waals surface area contributed by atoms with Crippen molar-refractivity contribution in [3.05, 3.63) is 47.3 Å². The Bertz CT molecular complexity index is 689. The molecule has 0 radical (unpaired) electrons. The number of rotatable bonds is 4. The number of hydrogen-bond acceptors (Lipinski definition) is 3. The van der Waals surface area contributed by atoms with Crippen LogP contribution < -0.4 is 0 Å². The number of aryl methyl sites for hydroxylation is 3. The zero-order chi connectivity index (χ0) is 15.7. The van der Waals surface area contributed by atoms with Crippen molar-refractivity contribution in [3.63, 3.8) is 0 Å². The summed E-state index contributed by atoms with van der Waals surface area (Å²) in [7, 11) is 0. The number of carbonyl (C=O) groups is 1. The van der Waals surface area contributed by atoms with Crippen LogP contribution in [-0.4, -0.2) is 39.4 Å². The summed E-state index contributed by atoms with van der Waals surface area (Å²) >= 11 is 1.62. The second-order valence-corrected chi connectivity index (χ2v) is 6.90. The average Bonchev–Trinajstić information content (AvgIpc) is 2.75. The van der Waals surface area contributed by atoms with Crippen molar-refractivity contribution in [2.45, 2.75) is 31.7 Å². The predicted octanol–water partition coefficient (Wildman–Crippen LogP) is 2.98. The fourth-order valence-electron chi connectivity index (χ4n) is 2.78. The molecule has 1 saturated heterocycles. The zero-order valence-electron chi connectivity index (χ0n) is 13.2. The number of hydrogen-bond donors (Lipinski definition) is 0. The zero-order valence-corrected chi connectivity index (χ0v) is 14.1. The average molecular weight is 315 g/mol. The van der Waals surface area contributed by atoms with E-state index < -0.39 is 0 Å². The van der Waals surface area contributed by atoms with Crippen LogP contribution in [0.3, 0.4) is 0 Å². The topological polar surface area (TPSA) is 38.1 Å². The molecule has 0 unspecified atom stereocenters. The summed E-state index contributed by atoms with van der Waals surface area (Å²) in [6.45, 7) is 7.70. The Hall–Kier alpha value is -1.75. The predicted molar refractivity (Wildman–Crippen MR) is 89.2 cm³/mol. The van der Waals surface area contributed by atoms with Gasteiger partial charge in [-0.15, -0.1) is 11.8 Å². The van der Waals surface area contributed by atoms with Crippen LogP contribution in [0.1, 0.15) is 23.0 Å². The van der Waals surface area contributed by atoms with Crippen LogP contribution in [0.25, 0.3) is 0 Å². The normalized spacial score (nSPS) is 15.0. The van der Waals surface area contributed by atoms with E-state index in [1.165, 1.54) is 16.2 Å². The molecule has 22 heavy (non-hydrogen) atoms. The first kappa shape index (κ1) is 15.2. The van der Waals surface area contributed by atoms with Gasteiger partial charge in [-0.2, -0.15) is 5.10 Å². The highest BCUT2D eigenvalue weighted by molar-refractivity contribution is 8.00. The van der Waals surface area contributed by atoms with E-state index in [1.807, 2.05) is 28.6 Å². The molecule has 0 spiro atoms. The first-order valence-corrected chi connectivity index (χ1v) is 8.52. The molecular formula is C17H21N3OS. The minimum Gasteiger partial charge on any atom is -0.338 e. The molecule has 0 N–H and O–H groups in total. The maximum Gasteiger partial charge on any atom is 0.233 e. The number of nitrogens with zero attached hydrogens (tertiary/aromatic N) is 3. The fourth-order valence-corrected chi connectivity index (χ4v) is 3.71. The van der Waals surface area contributed by atoms with Gasteiger partial charge >= 0.3 is 0 Å². The van der Waals surface area contributed by atoms with Crippen molar-refractivity contribution in [2.75, 3.05) is 18.8 Å². The van der Waals surface area contributed by atoms with Crippen molar-refractivity contribution < 1.29 is 4.79 Å². The molecule has 1 amide bonds. The first-order chi connectivity index (χ1) is 10.5. The molecule has 5 heteroatoms. The molecule has 0 saturated carbocycles. The Morgan fingerprint density at radius 3 is 2.64 bits per heavy atom. The Balaban J connectivity index is 1.51. The van der Waals surface area contributed by atoms with Crippen LogP contribution in [0.2, 0.25) is 0 Å². The molecule has 0 aliphatic carbocycles. The molecule has 2 heterocycles. The van der Waals surface area contributed by atoms with Crippen LogP contribution in [0.4, 0.5) is 0 Å². The van der Waals surface area contributed by atoms with Gasteiger partial charge in [0.1, 0.15) is 0 Å². The monoisotopic (exact) mass is 315 g/mol. The van der Waals surface area contributed by atoms with Gasteiger partial charge in [-0.1, -0.05) is 18.2 Å². The van der Waals surface area contributed by atoms with E-state index in [0.29, 0.717) is 11.8 Å². The second kappa shape index (κ2) is 6.16. The standard InChI is InChI=1S/C17H21N3OS/c1-12-6-4-5-7-16(12)22-11-17(21)19-9-15(10-19)20-14(3)8-13(2)18-20/h4-8,15H,9-11H2,1-3H3. The van der Waals surface area contributed by atoms with Crippen LogP contribution >= 0.6 is 11.8 Å². The lowest BCUT2D eigenvalue weighted by molar-refractivity contribution is -0.134. The van der Waals surface area contributed by atoms with E-state index >= 15 is 0 Å². The lowest BCUT2D eigenvalue weighted by atomic mass is 10.1. The molecular weight excluding hydrogens is 294 g/mol. The maximum atomic E-state index is 12.3. The molecule has 1 aromatic heterocycles. The van der Waals surface area contributed by atoms with E-state index in [2.05, 4.69) is 37.1 Å². The highest BCUT2D eigenvalue weighted by Gasteiger charge is 2.32. The number of benzene rings is 1.